The number of ether oxygens (including phenoxy) is 2. The van der Waals surface area contributed by atoms with E-state index in [1.54, 1.807) is 44.2 Å². The Morgan fingerprint density at radius 2 is 1.88 bits per heavy atom. The maximum atomic E-state index is 13.1. The Labute approximate surface area is 189 Å². The van der Waals surface area contributed by atoms with Crippen LogP contribution in [0.3, 0.4) is 0 Å². The lowest BCUT2D eigenvalue weighted by Crippen LogP contribution is -2.29. The quantitative estimate of drug-likeness (QED) is 0.331. The van der Waals surface area contributed by atoms with Gasteiger partial charge in [-0.2, -0.15) is 0 Å². The number of aryl methyl sites for hydroxylation is 1. The predicted octanol–water partition coefficient (Wildman–Crippen LogP) is 3.72. The van der Waals surface area contributed by atoms with Gasteiger partial charge in [0.15, 0.2) is 17.3 Å². The Kier molecular flexibility index (Phi) is 5.78. The number of ketones is 1. The molecule has 4 rings (SSSR count). The molecule has 2 aromatic carbocycles. The average molecular weight is 450 g/mol. The Morgan fingerprint density at radius 1 is 1.15 bits per heavy atom. The minimum atomic E-state index is -1.03. The molecule has 1 aromatic heterocycles. The molecule has 170 valence electrons. The molecule has 0 radical (unpaired) electrons. The highest BCUT2D eigenvalue weighted by Crippen LogP contribution is 2.43. The molecule has 0 aliphatic carbocycles. The summed E-state index contributed by atoms with van der Waals surface area (Å²) in [7, 11) is 1.51. The minimum absolute atomic E-state index is 0.0926. The topological polar surface area (TPSA) is 122 Å². The molecule has 2 N–H and O–H groups in total. The smallest absolute Gasteiger partial charge is 0.301 e. The van der Waals surface area contributed by atoms with E-state index in [1.807, 2.05) is 0 Å². The van der Waals surface area contributed by atoms with E-state index in [0.717, 1.165) is 4.90 Å². The molecule has 1 saturated heterocycles. The van der Waals surface area contributed by atoms with E-state index >= 15 is 0 Å². The number of aromatic hydroxyl groups is 1. The average Bonchev–Trinajstić information content (AvgIpc) is 3.35. The van der Waals surface area contributed by atoms with Gasteiger partial charge in [0.1, 0.15) is 17.3 Å². The van der Waals surface area contributed by atoms with Gasteiger partial charge in [-0.05, 0) is 55.8 Å². The number of aliphatic hydroxyl groups is 1. The maximum Gasteiger partial charge on any atom is 0.301 e. The van der Waals surface area contributed by atoms with Gasteiger partial charge in [-0.25, -0.2) is 0 Å². The van der Waals surface area contributed by atoms with Gasteiger partial charge in [-0.15, -0.1) is 0 Å². The van der Waals surface area contributed by atoms with Crippen molar-refractivity contribution in [2.45, 2.75) is 19.9 Å². The second-order valence-corrected chi connectivity index (χ2v) is 7.35. The van der Waals surface area contributed by atoms with Gasteiger partial charge in [0.05, 0.1) is 25.3 Å². The third-order valence-corrected chi connectivity index (χ3v) is 5.27. The Morgan fingerprint density at radius 3 is 2.48 bits per heavy atom. The summed E-state index contributed by atoms with van der Waals surface area (Å²) in [6.45, 7) is 3.72. The van der Waals surface area contributed by atoms with Crippen LogP contribution in [0.1, 0.15) is 29.9 Å². The van der Waals surface area contributed by atoms with Gasteiger partial charge >= 0.3 is 5.91 Å². The van der Waals surface area contributed by atoms with Crippen LogP contribution in [0.15, 0.2) is 58.6 Å². The summed E-state index contributed by atoms with van der Waals surface area (Å²) >= 11 is 0. The number of carbonyl (C=O) groups excluding carboxylic acids is 2. The van der Waals surface area contributed by atoms with Crippen LogP contribution in [0.25, 0.3) is 5.76 Å². The van der Waals surface area contributed by atoms with Gasteiger partial charge in [-0.3, -0.25) is 14.5 Å². The van der Waals surface area contributed by atoms with Crippen molar-refractivity contribution >= 4 is 23.3 Å². The molecule has 33 heavy (non-hydrogen) atoms. The van der Waals surface area contributed by atoms with Crippen LogP contribution in [0.4, 0.5) is 5.82 Å². The lowest BCUT2D eigenvalue weighted by atomic mass is 9.95. The van der Waals surface area contributed by atoms with Gasteiger partial charge < -0.3 is 24.2 Å². The summed E-state index contributed by atoms with van der Waals surface area (Å²) in [4.78, 5) is 27.4. The first-order chi connectivity index (χ1) is 15.8. The predicted molar refractivity (Wildman–Crippen MR) is 118 cm³/mol. The molecule has 0 bridgehead atoms. The molecule has 3 aromatic rings. The second-order valence-electron chi connectivity index (χ2n) is 7.35. The number of hydrogen-bond acceptors (Lipinski definition) is 8. The number of amides is 1. The second kappa shape index (κ2) is 8.70. The molecular formula is C24H22N2O7. The number of methoxy groups -OCH3 is 1. The van der Waals surface area contributed by atoms with E-state index in [2.05, 4.69) is 5.16 Å². The van der Waals surface area contributed by atoms with E-state index < -0.39 is 17.7 Å². The molecule has 9 heteroatoms. The molecular weight excluding hydrogens is 428 g/mol. The minimum Gasteiger partial charge on any atom is -0.507 e. The van der Waals surface area contributed by atoms with Crippen molar-refractivity contribution in [2.24, 2.45) is 0 Å². The number of benzene rings is 2. The fraction of sp³-hybridized carbons (Fsp3) is 0.208. The first-order valence-electron chi connectivity index (χ1n) is 10.2. The third-order valence-electron chi connectivity index (χ3n) is 5.27. The summed E-state index contributed by atoms with van der Waals surface area (Å²) in [5.41, 5.74) is 0.643. The van der Waals surface area contributed by atoms with E-state index in [1.165, 1.54) is 25.3 Å². The number of rotatable bonds is 6. The lowest BCUT2D eigenvalue weighted by Gasteiger charge is -2.23. The molecule has 1 fully saturated rings. The monoisotopic (exact) mass is 450 g/mol. The maximum absolute atomic E-state index is 13.1. The number of carbonyl (C=O) groups is 2. The van der Waals surface area contributed by atoms with Crippen LogP contribution in [0.5, 0.6) is 17.2 Å². The van der Waals surface area contributed by atoms with Crippen LogP contribution in [-0.2, 0) is 9.59 Å². The summed E-state index contributed by atoms with van der Waals surface area (Å²) in [5, 5.41) is 25.1. The standard InChI is InChI=1S/C24H22N2O7/c1-4-32-18-12-15(7-10-17(18)27)21-20(22(28)14-5-8-16(31-3)9-6-14)23(29)24(30)26(21)19-11-13(2)33-25-19/h5-12,21,27-28H,4H2,1-3H3. The van der Waals surface area contributed by atoms with Crippen LogP contribution in [0.2, 0.25) is 0 Å². The third kappa shape index (κ3) is 3.89. The first-order valence-corrected chi connectivity index (χ1v) is 10.2. The molecule has 1 aliphatic rings. The number of anilines is 1. The zero-order valence-electron chi connectivity index (χ0n) is 18.2. The first kappa shape index (κ1) is 21.9. The zero-order chi connectivity index (χ0) is 23.7. The van der Waals surface area contributed by atoms with Crippen LogP contribution < -0.4 is 14.4 Å². The highest BCUT2D eigenvalue weighted by molar-refractivity contribution is 6.51. The van der Waals surface area contributed by atoms with Gasteiger partial charge in [0.25, 0.3) is 5.78 Å². The zero-order valence-corrected chi connectivity index (χ0v) is 18.2. The Bertz CT molecular complexity index is 1240. The van der Waals surface area contributed by atoms with E-state index in [0.29, 0.717) is 29.2 Å². The lowest BCUT2D eigenvalue weighted by molar-refractivity contribution is -0.132. The SMILES string of the molecule is CCOc1cc(C2C(=C(O)c3ccc(OC)cc3)C(=O)C(=O)N2c2cc(C)on2)ccc1O. The fourth-order valence-electron chi connectivity index (χ4n) is 3.73. The number of Topliss-reactive ketones (excluding diaryl/α,β-unsaturated/α-hetero) is 1. The Balaban J connectivity index is 1.93. The van der Waals surface area contributed by atoms with Crippen molar-refractivity contribution in [3.63, 3.8) is 0 Å². The van der Waals surface area contributed by atoms with E-state index in [-0.39, 0.29) is 28.6 Å². The number of phenolic OH excluding ortho intramolecular Hbond substituents is 1. The molecule has 1 unspecified atom stereocenters. The number of aromatic nitrogens is 1. The van der Waals surface area contributed by atoms with E-state index in [9.17, 15) is 19.8 Å². The van der Waals surface area contributed by atoms with Crippen molar-refractivity contribution in [1.29, 1.82) is 0 Å². The van der Waals surface area contributed by atoms with Crippen LogP contribution >= 0.6 is 0 Å². The normalized spacial score (nSPS) is 17.4. The molecule has 2 heterocycles. The highest BCUT2D eigenvalue weighted by atomic mass is 16.5. The molecule has 0 spiro atoms. The van der Waals surface area contributed by atoms with Gasteiger partial charge in [-0.1, -0.05) is 11.2 Å². The Hall–Kier alpha value is -4.27. The fourth-order valence-corrected chi connectivity index (χ4v) is 3.73. The molecule has 0 saturated carbocycles. The van der Waals surface area contributed by atoms with Crippen molar-refractivity contribution in [3.8, 4) is 17.2 Å². The molecule has 1 amide bonds. The molecule has 1 atom stereocenters. The van der Waals surface area contributed by atoms with Crippen molar-refractivity contribution in [1.82, 2.24) is 5.16 Å². The van der Waals surface area contributed by atoms with Gasteiger partial charge in [0, 0.05) is 11.6 Å². The summed E-state index contributed by atoms with van der Waals surface area (Å²) < 4.78 is 15.7. The van der Waals surface area contributed by atoms with Crippen LogP contribution in [-0.4, -0.2) is 40.8 Å². The number of nitrogens with zero attached hydrogens (tertiary/aromatic N) is 2. The molecule has 1 aliphatic heterocycles. The summed E-state index contributed by atoms with van der Waals surface area (Å²) in [6.07, 6.45) is 0. The van der Waals surface area contributed by atoms with Crippen molar-refractivity contribution in [2.75, 3.05) is 18.6 Å². The number of phenols is 1. The van der Waals surface area contributed by atoms with Crippen molar-refractivity contribution in [3.05, 3.63) is 71.0 Å². The molecule has 9 nitrogen and oxygen atoms in total. The highest BCUT2D eigenvalue weighted by Gasteiger charge is 2.48. The number of hydrogen-bond donors (Lipinski definition) is 2. The largest absolute Gasteiger partial charge is 0.507 e. The summed E-state index contributed by atoms with van der Waals surface area (Å²) in [5.74, 6) is -0.863. The number of aliphatic hydroxyl groups excluding tert-OH is 1. The van der Waals surface area contributed by atoms with E-state index in [4.69, 9.17) is 14.0 Å². The van der Waals surface area contributed by atoms with Crippen LogP contribution in [0, 0.1) is 6.92 Å². The van der Waals surface area contributed by atoms with Crippen molar-refractivity contribution < 1.29 is 33.8 Å². The summed E-state index contributed by atoms with van der Waals surface area (Å²) in [6, 6.07) is 11.4. The van der Waals surface area contributed by atoms with Gasteiger partial charge in [0.2, 0.25) is 0 Å².